The van der Waals surface area contributed by atoms with Gasteiger partial charge >= 0.3 is 6.09 Å². The van der Waals surface area contributed by atoms with Crippen LogP contribution in [-0.2, 0) is 13.9 Å². The fourth-order valence-electron chi connectivity index (χ4n) is 2.78. The molecule has 1 aliphatic rings. The fourth-order valence-corrected chi connectivity index (χ4v) is 3.90. The first-order chi connectivity index (χ1) is 11.9. The van der Waals surface area contributed by atoms with Gasteiger partial charge in [0, 0.05) is 12.5 Å². The summed E-state index contributed by atoms with van der Waals surface area (Å²) in [4.78, 5) is 14.3. The number of aliphatic hydroxyl groups is 1. The largest absolute Gasteiger partial charge is 0.444 e. The van der Waals surface area contributed by atoms with Gasteiger partial charge in [-0.2, -0.15) is 0 Å². The number of amides is 1. The maximum Gasteiger partial charge on any atom is 0.412 e. The topological polar surface area (TPSA) is 68.2 Å². The van der Waals surface area contributed by atoms with Crippen LogP contribution in [0.25, 0.3) is 0 Å². The van der Waals surface area contributed by atoms with Crippen LogP contribution in [0.4, 0.5) is 4.79 Å². The van der Waals surface area contributed by atoms with Crippen molar-refractivity contribution in [1.29, 1.82) is 0 Å². The Morgan fingerprint density at radius 1 is 1.26 bits per heavy atom. The molecular formula is C20H41NO5Si. The number of ether oxygens (including phenoxy) is 2. The van der Waals surface area contributed by atoms with Crippen LogP contribution in [0.1, 0.15) is 62.3 Å². The monoisotopic (exact) mass is 403 g/mol. The van der Waals surface area contributed by atoms with E-state index in [2.05, 4.69) is 33.9 Å². The standard InChI is InChI=1S/C20H41NO5Si/c1-14(12-25-27(10,11)19(5,6)7)16(22)15-13-24-20(8,9)21(15)17(23)26-18(2,3)4/h14-16,22H,12-13H2,1-11H3/t14-,15+,16-/m1/s1. The van der Waals surface area contributed by atoms with Gasteiger partial charge in [0.05, 0.1) is 18.8 Å². The first-order valence-corrected chi connectivity index (χ1v) is 12.8. The highest BCUT2D eigenvalue weighted by molar-refractivity contribution is 6.74. The predicted molar refractivity (Wildman–Crippen MR) is 110 cm³/mol. The predicted octanol–water partition coefficient (Wildman–Crippen LogP) is 4.38. The van der Waals surface area contributed by atoms with E-state index in [9.17, 15) is 9.90 Å². The van der Waals surface area contributed by atoms with E-state index >= 15 is 0 Å². The summed E-state index contributed by atoms with van der Waals surface area (Å²) in [5.41, 5.74) is -1.43. The van der Waals surface area contributed by atoms with Crippen molar-refractivity contribution >= 4 is 14.4 Å². The Hall–Kier alpha value is -0.633. The van der Waals surface area contributed by atoms with Crippen molar-refractivity contribution in [3.8, 4) is 0 Å². The number of hydrogen-bond acceptors (Lipinski definition) is 5. The Morgan fingerprint density at radius 3 is 2.22 bits per heavy atom. The zero-order valence-electron chi connectivity index (χ0n) is 19.2. The molecule has 0 aromatic rings. The van der Waals surface area contributed by atoms with Gasteiger partial charge in [0.15, 0.2) is 8.32 Å². The molecule has 0 aromatic carbocycles. The number of aliphatic hydroxyl groups excluding tert-OH is 1. The molecule has 0 radical (unpaired) electrons. The summed E-state index contributed by atoms with van der Waals surface area (Å²) >= 11 is 0. The molecule has 1 aliphatic heterocycles. The summed E-state index contributed by atoms with van der Waals surface area (Å²) in [6, 6.07) is -0.465. The number of rotatable bonds is 5. The summed E-state index contributed by atoms with van der Waals surface area (Å²) in [5.74, 6) is -0.133. The maximum atomic E-state index is 12.8. The van der Waals surface area contributed by atoms with Gasteiger partial charge in [-0.15, -0.1) is 0 Å². The molecule has 1 N–H and O–H groups in total. The molecular weight excluding hydrogens is 362 g/mol. The first kappa shape index (κ1) is 24.4. The molecule has 0 spiro atoms. The van der Waals surface area contributed by atoms with Gasteiger partial charge in [0.1, 0.15) is 11.3 Å². The molecule has 6 nitrogen and oxygen atoms in total. The van der Waals surface area contributed by atoms with Crippen LogP contribution in [0.3, 0.4) is 0 Å². The molecule has 1 heterocycles. The second-order valence-electron chi connectivity index (χ2n) is 10.7. The Kier molecular flexibility index (Phi) is 7.24. The molecule has 7 heteroatoms. The molecule has 160 valence electrons. The van der Waals surface area contributed by atoms with Crippen molar-refractivity contribution in [2.24, 2.45) is 5.92 Å². The van der Waals surface area contributed by atoms with Gasteiger partial charge in [-0.25, -0.2) is 4.79 Å². The van der Waals surface area contributed by atoms with E-state index in [0.29, 0.717) is 6.61 Å². The van der Waals surface area contributed by atoms with Crippen LogP contribution in [0.2, 0.25) is 18.1 Å². The zero-order valence-corrected chi connectivity index (χ0v) is 20.2. The van der Waals surface area contributed by atoms with Crippen LogP contribution in [0.15, 0.2) is 0 Å². The number of hydrogen-bond donors (Lipinski definition) is 1. The van der Waals surface area contributed by atoms with Gasteiger partial charge in [-0.05, 0) is 52.8 Å². The lowest BCUT2D eigenvalue weighted by Gasteiger charge is -2.39. The minimum absolute atomic E-state index is 0.110. The molecule has 1 saturated heterocycles. The van der Waals surface area contributed by atoms with Gasteiger partial charge in [0.25, 0.3) is 0 Å². The number of carbonyl (C=O) groups excluding carboxylic acids is 1. The van der Waals surface area contributed by atoms with Crippen molar-refractivity contribution in [2.45, 2.75) is 104 Å². The molecule has 0 unspecified atom stereocenters. The van der Waals surface area contributed by atoms with Crippen molar-refractivity contribution < 1.29 is 23.8 Å². The van der Waals surface area contributed by atoms with E-state index in [1.807, 2.05) is 41.5 Å². The fraction of sp³-hybridized carbons (Fsp3) is 0.950. The van der Waals surface area contributed by atoms with E-state index < -0.39 is 37.9 Å². The molecule has 0 aliphatic carbocycles. The highest BCUT2D eigenvalue weighted by Gasteiger charge is 2.49. The van der Waals surface area contributed by atoms with Crippen molar-refractivity contribution in [1.82, 2.24) is 4.90 Å². The SMILES string of the molecule is C[C@H](CO[Si](C)(C)C(C)(C)C)[C@@H](O)[C@@H]1COC(C)(C)N1C(=O)OC(C)(C)C. The minimum atomic E-state index is -1.90. The van der Waals surface area contributed by atoms with E-state index in [1.54, 1.807) is 0 Å². The quantitative estimate of drug-likeness (QED) is 0.690. The third-order valence-electron chi connectivity index (χ3n) is 5.60. The second-order valence-corrected chi connectivity index (χ2v) is 15.5. The lowest BCUT2D eigenvalue weighted by Crippen LogP contribution is -2.55. The second kappa shape index (κ2) is 8.01. The minimum Gasteiger partial charge on any atom is -0.444 e. The number of nitrogens with zero attached hydrogens (tertiary/aromatic N) is 1. The Labute approximate surface area is 166 Å². The van der Waals surface area contributed by atoms with Gasteiger partial charge in [-0.3, -0.25) is 4.90 Å². The molecule has 1 fully saturated rings. The Balaban J connectivity index is 2.87. The normalized spacial score (nSPS) is 23.3. The van der Waals surface area contributed by atoms with Gasteiger partial charge in [0.2, 0.25) is 0 Å². The molecule has 27 heavy (non-hydrogen) atoms. The third kappa shape index (κ3) is 6.17. The zero-order chi connectivity index (χ0) is 21.4. The average molecular weight is 404 g/mol. The van der Waals surface area contributed by atoms with E-state index in [-0.39, 0.29) is 17.6 Å². The van der Waals surface area contributed by atoms with Crippen LogP contribution in [0.5, 0.6) is 0 Å². The summed E-state index contributed by atoms with van der Waals surface area (Å²) in [6.07, 6.45) is -1.23. The maximum absolute atomic E-state index is 12.8. The van der Waals surface area contributed by atoms with E-state index in [0.717, 1.165) is 0 Å². The molecule has 0 saturated carbocycles. The molecule has 3 atom stereocenters. The van der Waals surface area contributed by atoms with Crippen molar-refractivity contribution in [3.05, 3.63) is 0 Å². The van der Waals surface area contributed by atoms with Crippen LogP contribution >= 0.6 is 0 Å². The van der Waals surface area contributed by atoms with Crippen LogP contribution in [0, 0.1) is 5.92 Å². The average Bonchev–Trinajstić information content (AvgIpc) is 2.76. The van der Waals surface area contributed by atoms with E-state index in [1.165, 1.54) is 4.90 Å². The smallest absolute Gasteiger partial charge is 0.412 e. The molecule has 1 rings (SSSR count). The van der Waals surface area contributed by atoms with Crippen molar-refractivity contribution in [3.63, 3.8) is 0 Å². The van der Waals surface area contributed by atoms with Gasteiger partial charge < -0.3 is 19.0 Å². The van der Waals surface area contributed by atoms with E-state index in [4.69, 9.17) is 13.9 Å². The summed E-state index contributed by atoms with van der Waals surface area (Å²) in [5, 5.41) is 11.1. The van der Waals surface area contributed by atoms with Crippen molar-refractivity contribution in [2.75, 3.05) is 13.2 Å². The first-order valence-electron chi connectivity index (χ1n) is 9.87. The molecule has 0 aromatic heterocycles. The van der Waals surface area contributed by atoms with Crippen LogP contribution < -0.4 is 0 Å². The Morgan fingerprint density at radius 2 is 1.78 bits per heavy atom. The highest BCUT2D eigenvalue weighted by Crippen LogP contribution is 2.37. The molecule has 1 amide bonds. The third-order valence-corrected chi connectivity index (χ3v) is 10.1. The number of carbonyl (C=O) groups is 1. The van der Waals surface area contributed by atoms with Crippen LogP contribution in [-0.4, -0.2) is 61.1 Å². The summed E-state index contributed by atoms with van der Waals surface area (Å²) in [7, 11) is -1.90. The Bertz CT molecular complexity index is 521. The summed E-state index contributed by atoms with van der Waals surface area (Å²) in [6.45, 7) is 22.8. The summed E-state index contributed by atoms with van der Waals surface area (Å²) < 4.78 is 17.6. The lowest BCUT2D eigenvalue weighted by molar-refractivity contribution is -0.0713. The lowest BCUT2D eigenvalue weighted by atomic mass is 9.98. The van der Waals surface area contributed by atoms with Gasteiger partial charge in [-0.1, -0.05) is 27.7 Å². The highest BCUT2D eigenvalue weighted by atomic mass is 28.4. The molecule has 0 bridgehead atoms.